The molecule has 0 heterocycles. The maximum Gasteiger partial charge on any atom is 0.0585 e. The summed E-state index contributed by atoms with van der Waals surface area (Å²) in [5.41, 5.74) is 5.24. The Hall–Kier alpha value is -1.12. The van der Waals surface area contributed by atoms with Crippen LogP contribution in [0.3, 0.4) is 0 Å². The van der Waals surface area contributed by atoms with Crippen LogP contribution >= 0.6 is 15.9 Å². The smallest absolute Gasteiger partial charge is 0.0585 e. The van der Waals surface area contributed by atoms with Crippen molar-refractivity contribution in [2.75, 3.05) is 7.05 Å². The Kier molecular flexibility index (Phi) is 5.00. The lowest BCUT2D eigenvalue weighted by Gasteiger charge is -2.20. The van der Waals surface area contributed by atoms with Crippen LogP contribution in [-0.4, -0.2) is 7.05 Å². The van der Waals surface area contributed by atoms with Crippen LogP contribution < -0.4 is 5.32 Å². The van der Waals surface area contributed by atoms with E-state index in [1.54, 1.807) is 0 Å². The van der Waals surface area contributed by atoms with E-state index < -0.39 is 0 Å². The first kappa shape index (κ1) is 15.3. The third kappa shape index (κ3) is 3.31. The number of nitrogens with one attached hydrogen (secondary N) is 1. The molecule has 1 unspecified atom stereocenters. The molecule has 0 saturated heterocycles. The predicted molar refractivity (Wildman–Crippen MR) is 90.3 cm³/mol. The minimum Gasteiger partial charge on any atom is -0.309 e. The van der Waals surface area contributed by atoms with Gasteiger partial charge in [-0.2, -0.15) is 0 Å². The van der Waals surface area contributed by atoms with Gasteiger partial charge in [0, 0.05) is 4.47 Å². The molecular formula is C18H22BrN. The van der Waals surface area contributed by atoms with Gasteiger partial charge >= 0.3 is 0 Å². The summed E-state index contributed by atoms with van der Waals surface area (Å²) in [6, 6.07) is 15.6. The zero-order valence-electron chi connectivity index (χ0n) is 12.6. The van der Waals surface area contributed by atoms with Gasteiger partial charge in [0.1, 0.15) is 0 Å². The zero-order chi connectivity index (χ0) is 14.7. The van der Waals surface area contributed by atoms with Crippen LogP contribution in [0.25, 0.3) is 0 Å². The van der Waals surface area contributed by atoms with E-state index in [4.69, 9.17) is 0 Å². The van der Waals surface area contributed by atoms with Crippen LogP contribution in [0.1, 0.15) is 48.1 Å². The van der Waals surface area contributed by atoms with Gasteiger partial charge in [-0.25, -0.2) is 0 Å². The topological polar surface area (TPSA) is 12.0 Å². The van der Waals surface area contributed by atoms with E-state index in [9.17, 15) is 0 Å². The van der Waals surface area contributed by atoms with E-state index in [2.05, 4.69) is 84.5 Å². The second kappa shape index (κ2) is 6.55. The molecule has 2 aromatic rings. The lowest BCUT2D eigenvalue weighted by Crippen LogP contribution is -2.18. The number of aryl methyl sites for hydroxylation is 1. The monoisotopic (exact) mass is 331 g/mol. The first-order valence-corrected chi connectivity index (χ1v) is 7.85. The van der Waals surface area contributed by atoms with Crippen LogP contribution in [0.2, 0.25) is 0 Å². The van der Waals surface area contributed by atoms with Crippen molar-refractivity contribution in [3.05, 3.63) is 69.2 Å². The average molecular weight is 332 g/mol. The molecule has 1 atom stereocenters. The maximum absolute atomic E-state index is 3.67. The molecule has 0 saturated carbocycles. The molecule has 0 radical (unpaired) electrons. The quantitative estimate of drug-likeness (QED) is 0.812. The summed E-state index contributed by atoms with van der Waals surface area (Å²) in [5.74, 6) is 0.572. The van der Waals surface area contributed by atoms with Crippen molar-refractivity contribution >= 4 is 15.9 Å². The van der Waals surface area contributed by atoms with Gasteiger partial charge in [0.2, 0.25) is 0 Å². The van der Waals surface area contributed by atoms with Crippen molar-refractivity contribution in [2.45, 2.75) is 32.7 Å². The van der Waals surface area contributed by atoms with Crippen LogP contribution in [0.4, 0.5) is 0 Å². The third-order valence-electron chi connectivity index (χ3n) is 3.69. The van der Waals surface area contributed by atoms with Crippen LogP contribution in [0, 0.1) is 6.92 Å². The summed E-state index contributed by atoms with van der Waals surface area (Å²) in [4.78, 5) is 0. The number of benzene rings is 2. The largest absolute Gasteiger partial charge is 0.309 e. The van der Waals surface area contributed by atoms with Crippen molar-refractivity contribution in [3.8, 4) is 0 Å². The van der Waals surface area contributed by atoms with E-state index in [1.165, 1.54) is 22.3 Å². The number of hydrogen-bond acceptors (Lipinski definition) is 1. The minimum atomic E-state index is 0.213. The highest BCUT2D eigenvalue weighted by atomic mass is 79.9. The van der Waals surface area contributed by atoms with Crippen molar-refractivity contribution in [1.82, 2.24) is 5.32 Å². The molecule has 1 N–H and O–H groups in total. The van der Waals surface area contributed by atoms with Crippen molar-refractivity contribution in [2.24, 2.45) is 0 Å². The van der Waals surface area contributed by atoms with Crippen LogP contribution in [0.15, 0.2) is 46.9 Å². The Labute approximate surface area is 130 Å². The first-order chi connectivity index (χ1) is 9.52. The Balaban J connectivity index is 2.39. The summed E-state index contributed by atoms with van der Waals surface area (Å²) in [7, 11) is 2.01. The van der Waals surface area contributed by atoms with E-state index in [-0.39, 0.29) is 6.04 Å². The molecule has 0 bridgehead atoms. The van der Waals surface area contributed by atoms with Gasteiger partial charge in [-0.15, -0.1) is 0 Å². The number of hydrogen-bond donors (Lipinski definition) is 1. The van der Waals surface area contributed by atoms with Gasteiger partial charge in [-0.1, -0.05) is 71.7 Å². The molecule has 20 heavy (non-hydrogen) atoms. The highest BCUT2D eigenvalue weighted by Gasteiger charge is 2.15. The summed E-state index contributed by atoms with van der Waals surface area (Å²) >= 11 is 3.67. The Morgan fingerprint density at radius 3 is 2.10 bits per heavy atom. The second-order valence-corrected chi connectivity index (χ2v) is 6.42. The molecular weight excluding hydrogens is 310 g/mol. The molecule has 2 rings (SSSR count). The van der Waals surface area contributed by atoms with Crippen molar-refractivity contribution < 1.29 is 0 Å². The summed E-state index contributed by atoms with van der Waals surface area (Å²) in [6.07, 6.45) is 0. The van der Waals surface area contributed by atoms with Crippen LogP contribution in [-0.2, 0) is 0 Å². The lowest BCUT2D eigenvalue weighted by atomic mass is 9.94. The fourth-order valence-corrected chi connectivity index (χ4v) is 2.94. The SMILES string of the molecule is CNC(c1ccc(C(C)C)cc1)c1cc(C)ccc1Br. The Morgan fingerprint density at radius 2 is 1.55 bits per heavy atom. The fourth-order valence-electron chi connectivity index (χ4n) is 2.46. The summed E-state index contributed by atoms with van der Waals surface area (Å²) in [6.45, 7) is 6.58. The Morgan fingerprint density at radius 1 is 0.950 bits per heavy atom. The van der Waals surface area contributed by atoms with Gasteiger partial charge in [0.25, 0.3) is 0 Å². The molecule has 0 aliphatic heterocycles. The Bertz CT molecular complexity index is 572. The van der Waals surface area contributed by atoms with E-state index >= 15 is 0 Å². The second-order valence-electron chi connectivity index (χ2n) is 5.57. The molecule has 2 heteroatoms. The van der Waals surface area contributed by atoms with Gasteiger partial charge in [-0.05, 0) is 42.6 Å². The van der Waals surface area contributed by atoms with Gasteiger partial charge in [0.15, 0.2) is 0 Å². The minimum absolute atomic E-state index is 0.213. The molecule has 0 aromatic heterocycles. The van der Waals surface area contributed by atoms with Crippen LogP contribution in [0.5, 0.6) is 0 Å². The normalized spacial score (nSPS) is 12.7. The maximum atomic E-state index is 3.67. The highest BCUT2D eigenvalue weighted by Crippen LogP contribution is 2.30. The zero-order valence-corrected chi connectivity index (χ0v) is 14.2. The molecule has 106 valence electrons. The standard InChI is InChI=1S/C18H22BrN/c1-12(2)14-6-8-15(9-7-14)18(20-4)16-11-13(3)5-10-17(16)19/h5-12,18,20H,1-4H3. The molecule has 0 spiro atoms. The van der Waals surface area contributed by atoms with E-state index in [1.807, 2.05) is 7.05 Å². The molecule has 0 aliphatic rings. The number of halogens is 1. The third-order valence-corrected chi connectivity index (χ3v) is 4.41. The fraction of sp³-hybridized carbons (Fsp3) is 0.333. The number of rotatable bonds is 4. The molecule has 0 aliphatic carbocycles. The molecule has 2 aromatic carbocycles. The van der Waals surface area contributed by atoms with Gasteiger partial charge < -0.3 is 5.32 Å². The van der Waals surface area contributed by atoms with Crippen molar-refractivity contribution in [3.63, 3.8) is 0 Å². The molecule has 0 amide bonds. The van der Waals surface area contributed by atoms with Crippen molar-refractivity contribution in [1.29, 1.82) is 0 Å². The van der Waals surface area contributed by atoms with E-state index in [0.717, 1.165) is 4.47 Å². The molecule has 1 nitrogen and oxygen atoms in total. The average Bonchev–Trinajstić information content (AvgIpc) is 2.44. The molecule has 0 fully saturated rings. The first-order valence-electron chi connectivity index (χ1n) is 7.06. The predicted octanol–water partition coefficient (Wildman–Crippen LogP) is 5.19. The van der Waals surface area contributed by atoms with Gasteiger partial charge in [0.05, 0.1) is 6.04 Å². The summed E-state index contributed by atoms with van der Waals surface area (Å²) in [5, 5.41) is 3.42. The summed E-state index contributed by atoms with van der Waals surface area (Å²) < 4.78 is 1.15. The van der Waals surface area contributed by atoms with Gasteiger partial charge in [-0.3, -0.25) is 0 Å². The lowest BCUT2D eigenvalue weighted by molar-refractivity contribution is 0.687. The van der Waals surface area contributed by atoms with E-state index in [0.29, 0.717) is 5.92 Å². The highest BCUT2D eigenvalue weighted by molar-refractivity contribution is 9.10.